The van der Waals surface area contributed by atoms with E-state index in [9.17, 15) is 4.79 Å². The summed E-state index contributed by atoms with van der Waals surface area (Å²) in [7, 11) is 0. The van der Waals surface area contributed by atoms with Gasteiger partial charge in [-0.1, -0.05) is 82.1 Å². The molecule has 3 aromatic carbocycles. The van der Waals surface area contributed by atoms with E-state index in [2.05, 4.69) is 57.7 Å². The Morgan fingerprint density at radius 2 is 1.79 bits per heavy atom. The van der Waals surface area contributed by atoms with Gasteiger partial charge in [-0.05, 0) is 47.7 Å². The SMILES string of the molecule is O=C(c1ccccc1)c1cc(Cl)cc2c1N[C@H](c1ccc(Br)cc1)[C@@H]1CC=C[C@H]21. The third-order valence-electron chi connectivity index (χ3n) is 5.94. The lowest BCUT2D eigenvalue weighted by molar-refractivity contribution is 0.103. The van der Waals surface area contributed by atoms with Gasteiger partial charge in [-0.25, -0.2) is 0 Å². The van der Waals surface area contributed by atoms with E-state index < -0.39 is 0 Å². The molecular weight excluding hydrogens is 446 g/mol. The lowest BCUT2D eigenvalue weighted by Gasteiger charge is -2.38. The molecule has 1 heterocycles. The Hall–Kier alpha value is -2.36. The Kier molecular flexibility index (Phi) is 4.81. The van der Waals surface area contributed by atoms with Crippen LogP contribution in [-0.2, 0) is 0 Å². The van der Waals surface area contributed by atoms with Crippen LogP contribution in [0.15, 0.2) is 83.4 Å². The molecule has 0 amide bonds. The van der Waals surface area contributed by atoms with Crippen molar-refractivity contribution in [2.24, 2.45) is 5.92 Å². The normalized spacial score (nSPS) is 21.9. The predicted molar refractivity (Wildman–Crippen MR) is 122 cm³/mol. The van der Waals surface area contributed by atoms with Crippen molar-refractivity contribution in [2.45, 2.75) is 18.4 Å². The van der Waals surface area contributed by atoms with Gasteiger partial charge in [-0.3, -0.25) is 4.79 Å². The van der Waals surface area contributed by atoms with Crippen LogP contribution in [0.1, 0.15) is 45.4 Å². The zero-order chi connectivity index (χ0) is 20.0. The summed E-state index contributed by atoms with van der Waals surface area (Å²) in [5, 5.41) is 4.32. The minimum Gasteiger partial charge on any atom is -0.377 e. The van der Waals surface area contributed by atoms with Crippen LogP contribution < -0.4 is 5.32 Å². The summed E-state index contributed by atoms with van der Waals surface area (Å²) in [4.78, 5) is 13.3. The summed E-state index contributed by atoms with van der Waals surface area (Å²) in [6.45, 7) is 0. The number of rotatable bonds is 3. The Balaban J connectivity index is 1.64. The standard InChI is InChI=1S/C25H19BrClNO/c26-17-11-9-15(10-12-17)23-20-8-4-7-19(20)21-13-18(27)14-22(24(21)28-23)25(29)16-5-2-1-3-6-16/h1-7,9-14,19-20,23,28H,8H2/t19-,20+,23+/m0/s1. The van der Waals surface area contributed by atoms with Crippen molar-refractivity contribution in [3.05, 3.63) is 111 Å². The molecule has 0 spiro atoms. The largest absolute Gasteiger partial charge is 0.377 e. The van der Waals surface area contributed by atoms with E-state index in [-0.39, 0.29) is 17.7 Å². The van der Waals surface area contributed by atoms with Crippen molar-refractivity contribution in [1.82, 2.24) is 0 Å². The molecule has 1 N–H and O–H groups in total. The minimum absolute atomic E-state index is 0.00756. The maximum Gasteiger partial charge on any atom is 0.195 e. The van der Waals surface area contributed by atoms with Crippen LogP contribution in [0.3, 0.4) is 0 Å². The number of nitrogens with one attached hydrogen (secondary N) is 1. The Morgan fingerprint density at radius 3 is 2.55 bits per heavy atom. The first-order valence-electron chi connectivity index (χ1n) is 9.73. The molecule has 0 bridgehead atoms. The highest BCUT2D eigenvalue weighted by atomic mass is 79.9. The predicted octanol–water partition coefficient (Wildman–Crippen LogP) is 7.16. The van der Waals surface area contributed by atoms with Gasteiger partial charge in [0.25, 0.3) is 0 Å². The van der Waals surface area contributed by atoms with Gasteiger partial charge in [0.15, 0.2) is 5.78 Å². The highest BCUT2D eigenvalue weighted by molar-refractivity contribution is 9.10. The van der Waals surface area contributed by atoms with Crippen molar-refractivity contribution in [1.29, 1.82) is 0 Å². The fraction of sp³-hybridized carbons (Fsp3) is 0.160. The zero-order valence-electron chi connectivity index (χ0n) is 15.6. The van der Waals surface area contributed by atoms with Crippen LogP contribution in [0.4, 0.5) is 5.69 Å². The number of anilines is 1. The first-order valence-corrected chi connectivity index (χ1v) is 10.9. The molecule has 3 aromatic rings. The monoisotopic (exact) mass is 463 g/mol. The first-order chi connectivity index (χ1) is 14.1. The van der Waals surface area contributed by atoms with Crippen molar-refractivity contribution in [3.8, 4) is 0 Å². The summed E-state index contributed by atoms with van der Waals surface area (Å²) in [5.74, 6) is 0.648. The molecule has 0 fully saturated rings. The second-order valence-corrected chi connectivity index (χ2v) is 8.99. The molecule has 1 aliphatic carbocycles. The van der Waals surface area contributed by atoms with E-state index in [1.165, 1.54) is 5.56 Å². The fourth-order valence-electron chi connectivity index (χ4n) is 4.59. The summed E-state index contributed by atoms with van der Waals surface area (Å²) in [6, 6.07) is 21.8. The van der Waals surface area contributed by atoms with E-state index in [4.69, 9.17) is 11.6 Å². The van der Waals surface area contributed by atoms with E-state index in [0.717, 1.165) is 22.1 Å². The van der Waals surface area contributed by atoms with Crippen LogP contribution >= 0.6 is 27.5 Å². The molecule has 0 saturated heterocycles. The van der Waals surface area contributed by atoms with Crippen LogP contribution in [0, 0.1) is 5.92 Å². The quantitative estimate of drug-likeness (QED) is 0.329. The number of halogens is 2. The van der Waals surface area contributed by atoms with Crippen LogP contribution in [0.25, 0.3) is 0 Å². The zero-order valence-corrected chi connectivity index (χ0v) is 18.0. The lowest BCUT2D eigenvalue weighted by Crippen LogP contribution is -2.30. The number of benzene rings is 3. The van der Waals surface area contributed by atoms with Crippen molar-refractivity contribution in [2.75, 3.05) is 5.32 Å². The van der Waals surface area contributed by atoms with Gasteiger partial charge in [0, 0.05) is 32.2 Å². The second kappa shape index (κ2) is 7.47. The summed E-state index contributed by atoms with van der Waals surface area (Å²) >= 11 is 9.99. The molecule has 1 aliphatic heterocycles. The summed E-state index contributed by atoms with van der Waals surface area (Å²) < 4.78 is 1.06. The van der Waals surface area contributed by atoms with Crippen LogP contribution in [0.5, 0.6) is 0 Å². The smallest absolute Gasteiger partial charge is 0.195 e. The van der Waals surface area contributed by atoms with Gasteiger partial charge in [-0.15, -0.1) is 0 Å². The van der Waals surface area contributed by atoms with Gasteiger partial charge < -0.3 is 5.32 Å². The number of carbonyl (C=O) groups is 1. The van der Waals surface area contributed by atoms with Crippen molar-refractivity contribution in [3.63, 3.8) is 0 Å². The maximum atomic E-state index is 13.3. The number of fused-ring (bicyclic) bond motifs is 3. The molecule has 144 valence electrons. The molecule has 2 nitrogen and oxygen atoms in total. The maximum absolute atomic E-state index is 13.3. The Bertz CT molecular complexity index is 1110. The molecule has 0 unspecified atom stereocenters. The molecule has 5 rings (SSSR count). The third-order valence-corrected chi connectivity index (χ3v) is 6.69. The third kappa shape index (κ3) is 3.33. The molecular formula is C25H19BrClNO. The molecule has 2 aliphatic rings. The first kappa shape index (κ1) is 18.7. The fourth-order valence-corrected chi connectivity index (χ4v) is 5.08. The van der Waals surface area contributed by atoms with Gasteiger partial charge in [-0.2, -0.15) is 0 Å². The van der Waals surface area contributed by atoms with Gasteiger partial charge in [0.05, 0.1) is 6.04 Å². The Morgan fingerprint density at radius 1 is 1.03 bits per heavy atom. The van der Waals surface area contributed by atoms with E-state index >= 15 is 0 Å². The van der Waals surface area contributed by atoms with Gasteiger partial charge in [0.2, 0.25) is 0 Å². The van der Waals surface area contributed by atoms with Crippen molar-refractivity contribution < 1.29 is 4.79 Å². The van der Waals surface area contributed by atoms with E-state index in [0.29, 0.717) is 22.1 Å². The van der Waals surface area contributed by atoms with Gasteiger partial charge >= 0.3 is 0 Å². The number of hydrogen-bond acceptors (Lipinski definition) is 2. The van der Waals surface area contributed by atoms with E-state index in [1.807, 2.05) is 36.4 Å². The Labute approximate surface area is 183 Å². The molecule has 3 atom stereocenters. The molecule has 0 saturated carbocycles. The topological polar surface area (TPSA) is 29.1 Å². The average molecular weight is 465 g/mol. The summed E-state index contributed by atoms with van der Waals surface area (Å²) in [6.07, 6.45) is 5.52. The lowest BCUT2D eigenvalue weighted by atomic mass is 9.76. The summed E-state index contributed by atoms with van der Waals surface area (Å²) in [5.41, 5.74) is 4.56. The minimum atomic E-state index is -0.00756. The molecule has 0 radical (unpaired) electrons. The average Bonchev–Trinajstić information content (AvgIpc) is 3.24. The highest BCUT2D eigenvalue weighted by Gasteiger charge is 2.39. The number of allylic oxidation sites excluding steroid dienone is 2. The van der Waals surface area contributed by atoms with E-state index in [1.54, 1.807) is 6.07 Å². The molecule has 29 heavy (non-hydrogen) atoms. The van der Waals surface area contributed by atoms with Crippen LogP contribution in [-0.4, -0.2) is 5.78 Å². The molecule has 0 aromatic heterocycles. The van der Waals surface area contributed by atoms with Crippen molar-refractivity contribution >= 4 is 39.0 Å². The van der Waals surface area contributed by atoms with Crippen LogP contribution in [0.2, 0.25) is 5.02 Å². The number of hydrogen-bond donors (Lipinski definition) is 1. The number of ketones is 1. The highest BCUT2D eigenvalue weighted by Crippen LogP contribution is 2.51. The van der Waals surface area contributed by atoms with Gasteiger partial charge in [0.1, 0.15) is 0 Å². The molecule has 4 heteroatoms. The second-order valence-electron chi connectivity index (χ2n) is 7.64. The number of carbonyl (C=O) groups excluding carboxylic acids is 1.